The van der Waals surface area contributed by atoms with E-state index in [2.05, 4.69) is 0 Å². The van der Waals surface area contributed by atoms with Crippen LogP contribution in [0.4, 0.5) is 5.69 Å². The van der Waals surface area contributed by atoms with E-state index in [1.165, 1.54) is 11.8 Å². The molecule has 0 spiro atoms. The highest BCUT2D eigenvalue weighted by molar-refractivity contribution is 8.13. The number of hydrogen-bond acceptors (Lipinski definition) is 4. The van der Waals surface area contributed by atoms with Gasteiger partial charge >= 0.3 is 0 Å². The van der Waals surface area contributed by atoms with Crippen molar-refractivity contribution < 1.29 is 9.53 Å². The number of carbonyl (C=O) groups is 1. The molecule has 0 heterocycles. The number of anilines is 1. The molecule has 0 atom stereocenters. The molecule has 0 aliphatic carbocycles. The molecule has 0 fully saturated rings. The summed E-state index contributed by atoms with van der Waals surface area (Å²) in [5.41, 5.74) is 7.92. The molecule has 0 saturated heterocycles. The monoisotopic (exact) mass is 273 g/mol. The predicted octanol–water partition coefficient (Wildman–Crippen LogP) is 3.35. The summed E-state index contributed by atoms with van der Waals surface area (Å²) in [7, 11) is 1.57. The number of nitrogen functional groups attached to an aromatic ring is 1. The summed E-state index contributed by atoms with van der Waals surface area (Å²) in [5, 5.41) is -0.0414. The van der Waals surface area contributed by atoms with Gasteiger partial charge in [-0.2, -0.15) is 0 Å². The molecular weight excluding hydrogens is 258 g/mol. The first kappa shape index (κ1) is 13.5. The quantitative estimate of drug-likeness (QED) is 0.868. The first-order valence-corrected chi connectivity index (χ1v) is 6.84. The number of hydrogen-bond donors (Lipinski definition) is 1. The normalized spacial score (nSPS) is 10.2. The number of ether oxygens (including phenoxy) is 1. The fourth-order valence-corrected chi connectivity index (χ4v) is 2.46. The Morgan fingerprint density at radius 3 is 2.63 bits per heavy atom. The molecule has 4 heteroatoms. The van der Waals surface area contributed by atoms with Crippen molar-refractivity contribution in [3.05, 3.63) is 59.7 Å². The van der Waals surface area contributed by atoms with E-state index in [0.29, 0.717) is 22.8 Å². The molecule has 0 aliphatic rings. The SMILES string of the molecule is COc1ccc(N)c(C(=O)SCc2ccccc2)c1. The van der Waals surface area contributed by atoms with Crippen LogP contribution >= 0.6 is 11.8 Å². The number of rotatable bonds is 4. The summed E-state index contributed by atoms with van der Waals surface area (Å²) in [6.45, 7) is 0. The van der Waals surface area contributed by atoms with Crippen molar-refractivity contribution in [2.24, 2.45) is 0 Å². The highest BCUT2D eigenvalue weighted by atomic mass is 32.2. The Hall–Kier alpha value is -1.94. The average molecular weight is 273 g/mol. The maximum atomic E-state index is 12.1. The molecule has 19 heavy (non-hydrogen) atoms. The Morgan fingerprint density at radius 2 is 1.95 bits per heavy atom. The third-order valence-corrected chi connectivity index (χ3v) is 3.65. The second-order valence-electron chi connectivity index (χ2n) is 4.01. The van der Waals surface area contributed by atoms with E-state index >= 15 is 0 Å². The summed E-state index contributed by atoms with van der Waals surface area (Å²) in [6, 6.07) is 15.0. The molecule has 2 aromatic rings. The first-order valence-electron chi connectivity index (χ1n) is 5.85. The number of methoxy groups -OCH3 is 1. The molecule has 2 N–H and O–H groups in total. The van der Waals surface area contributed by atoms with Crippen molar-refractivity contribution in [2.75, 3.05) is 12.8 Å². The van der Waals surface area contributed by atoms with Gasteiger partial charge in [0.2, 0.25) is 5.12 Å². The van der Waals surface area contributed by atoms with Gasteiger partial charge in [-0.1, -0.05) is 42.1 Å². The summed E-state index contributed by atoms with van der Waals surface area (Å²) in [4.78, 5) is 12.1. The van der Waals surface area contributed by atoms with Crippen LogP contribution in [0.2, 0.25) is 0 Å². The van der Waals surface area contributed by atoms with Gasteiger partial charge in [-0.05, 0) is 23.8 Å². The molecule has 0 radical (unpaired) electrons. The second kappa shape index (κ2) is 6.29. The van der Waals surface area contributed by atoms with Crippen LogP contribution < -0.4 is 10.5 Å². The van der Waals surface area contributed by atoms with Crippen molar-refractivity contribution in [3.8, 4) is 5.75 Å². The molecule has 2 aromatic carbocycles. The molecule has 0 aliphatic heterocycles. The fourth-order valence-electron chi connectivity index (χ4n) is 1.64. The van der Waals surface area contributed by atoms with Gasteiger partial charge in [0, 0.05) is 11.4 Å². The fraction of sp³-hybridized carbons (Fsp3) is 0.133. The molecule has 0 amide bonds. The van der Waals surface area contributed by atoms with Crippen LogP contribution in [-0.2, 0) is 5.75 Å². The van der Waals surface area contributed by atoms with Crippen molar-refractivity contribution in [1.82, 2.24) is 0 Å². The minimum absolute atomic E-state index is 0.0414. The van der Waals surface area contributed by atoms with Crippen molar-refractivity contribution in [3.63, 3.8) is 0 Å². The minimum atomic E-state index is -0.0414. The zero-order valence-corrected chi connectivity index (χ0v) is 11.4. The molecule has 0 aromatic heterocycles. The average Bonchev–Trinajstić information content (AvgIpc) is 2.46. The van der Waals surface area contributed by atoms with Crippen molar-refractivity contribution >= 4 is 22.6 Å². The van der Waals surface area contributed by atoms with Crippen LogP contribution in [0.25, 0.3) is 0 Å². The van der Waals surface area contributed by atoms with E-state index < -0.39 is 0 Å². The van der Waals surface area contributed by atoms with Crippen molar-refractivity contribution in [1.29, 1.82) is 0 Å². The summed E-state index contributed by atoms with van der Waals surface area (Å²) >= 11 is 1.24. The van der Waals surface area contributed by atoms with Gasteiger partial charge in [0.25, 0.3) is 0 Å². The van der Waals surface area contributed by atoms with E-state index in [1.54, 1.807) is 25.3 Å². The standard InChI is InChI=1S/C15H15NO2S/c1-18-12-7-8-14(16)13(9-12)15(17)19-10-11-5-3-2-4-6-11/h2-9H,10,16H2,1H3. The zero-order valence-electron chi connectivity index (χ0n) is 10.6. The lowest BCUT2D eigenvalue weighted by molar-refractivity contribution is 0.108. The topological polar surface area (TPSA) is 52.3 Å². The number of benzene rings is 2. The van der Waals surface area contributed by atoms with Gasteiger partial charge in [0.15, 0.2) is 0 Å². The van der Waals surface area contributed by atoms with Crippen LogP contribution in [0.15, 0.2) is 48.5 Å². The summed E-state index contributed by atoms with van der Waals surface area (Å²) < 4.78 is 5.11. The Morgan fingerprint density at radius 1 is 1.21 bits per heavy atom. The van der Waals surface area contributed by atoms with Crippen LogP contribution in [0.1, 0.15) is 15.9 Å². The van der Waals surface area contributed by atoms with E-state index in [0.717, 1.165) is 5.56 Å². The third-order valence-electron chi connectivity index (χ3n) is 2.69. The minimum Gasteiger partial charge on any atom is -0.497 e. The Bertz CT molecular complexity index is 570. The lowest BCUT2D eigenvalue weighted by atomic mass is 10.2. The predicted molar refractivity (Wildman–Crippen MR) is 79.5 cm³/mol. The van der Waals surface area contributed by atoms with Crippen molar-refractivity contribution in [2.45, 2.75) is 5.75 Å². The Kier molecular flexibility index (Phi) is 4.47. The van der Waals surface area contributed by atoms with Crippen LogP contribution in [0.3, 0.4) is 0 Å². The van der Waals surface area contributed by atoms with Gasteiger partial charge in [0.1, 0.15) is 5.75 Å². The number of nitrogens with two attached hydrogens (primary N) is 1. The molecule has 0 bridgehead atoms. The highest BCUT2D eigenvalue weighted by Crippen LogP contribution is 2.25. The van der Waals surface area contributed by atoms with E-state index in [1.807, 2.05) is 30.3 Å². The Labute approximate surface area is 116 Å². The second-order valence-corrected chi connectivity index (χ2v) is 4.96. The third kappa shape index (κ3) is 3.51. The largest absolute Gasteiger partial charge is 0.497 e. The Balaban J connectivity index is 2.08. The number of thioether (sulfide) groups is 1. The van der Waals surface area contributed by atoms with E-state index in [9.17, 15) is 4.79 Å². The van der Waals surface area contributed by atoms with E-state index in [-0.39, 0.29) is 5.12 Å². The lowest BCUT2D eigenvalue weighted by Gasteiger charge is -2.07. The molecule has 98 valence electrons. The molecule has 0 saturated carbocycles. The van der Waals surface area contributed by atoms with Crippen LogP contribution in [-0.4, -0.2) is 12.2 Å². The maximum Gasteiger partial charge on any atom is 0.221 e. The molecule has 3 nitrogen and oxygen atoms in total. The van der Waals surface area contributed by atoms with Gasteiger partial charge in [-0.25, -0.2) is 0 Å². The van der Waals surface area contributed by atoms with Gasteiger partial charge in [-0.15, -0.1) is 0 Å². The lowest BCUT2D eigenvalue weighted by Crippen LogP contribution is -2.01. The zero-order chi connectivity index (χ0) is 13.7. The molecule has 0 unspecified atom stereocenters. The van der Waals surface area contributed by atoms with Gasteiger partial charge in [-0.3, -0.25) is 4.79 Å². The van der Waals surface area contributed by atoms with Gasteiger partial charge < -0.3 is 10.5 Å². The molecule has 2 rings (SSSR count). The van der Waals surface area contributed by atoms with Crippen LogP contribution in [0, 0.1) is 0 Å². The molecular formula is C15H15NO2S. The number of carbonyl (C=O) groups excluding carboxylic acids is 1. The summed E-state index contributed by atoms with van der Waals surface area (Å²) in [6.07, 6.45) is 0. The maximum absolute atomic E-state index is 12.1. The smallest absolute Gasteiger partial charge is 0.221 e. The first-order chi connectivity index (χ1) is 9.20. The van der Waals surface area contributed by atoms with E-state index in [4.69, 9.17) is 10.5 Å². The highest BCUT2D eigenvalue weighted by Gasteiger charge is 2.11. The summed E-state index contributed by atoms with van der Waals surface area (Å²) in [5.74, 6) is 1.27. The van der Waals surface area contributed by atoms with Gasteiger partial charge in [0.05, 0.1) is 12.7 Å². The van der Waals surface area contributed by atoms with Crippen LogP contribution in [0.5, 0.6) is 5.75 Å².